The molecule has 2 aliphatic rings. The third-order valence-corrected chi connectivity index (χ3v) is 10.1. The molecule has 1 saturated carbocycles. The second-order valence-electron chi connectivity index (χ2n) is 8.62. The van der Waals surface area contributed by atoms with Crippen molar-refractivity contribution in [3.8, 4) is 0 Å². The van der Waals surface area contributed by atoms with Crippen molar-refractivity contribution in [1.82, 2.24) is 9.80 Å². The van der Waals surface area contributed by atoms with Crippen molar-refractivity contribution in [1.29, 1.82) is 0 Å². The Bertz CT molecular complexity index is 1000. The van der Waals surface area contributed by atoms with Crippen LogP contribution in [0.5, 0.6) is 0 Å². The molecular weight excluding hydrogens is 416 g/mol. The standard InChI is InChI=1S/C23H30N2O3S2/c1-18-7-8-19(2)21(16-18)30(27,28)23(9-3-4-10-23)22(26)25-13-11-24(12-14-25)17-20-6-5-15-29-20/h5-8,15-16H,3-4,9-14,17H2,1-2H3. The molecule has 1 aromatic carbocycles. The van der Waals surface area contributed by atoms with Gasteiger partial charge in [-0.15, -0.1) is 11.3 Å². The number of nitrogens with zero attached hydrogens (tertiary/aromatic N) is 2. The van der Waals surface area contributed by atoms with Crippen molar-refractivity contribution in [2.45, 2.75) is 55.7 Å². The first-order valence-corrected chi connectivity index (χ1v) is 13.1. The summed E-state index contributed by atoms with van der Waals surface area (Å²) in [4.78, 5) is 19.5. The normalized spacial score (nSPS) is 19.9. The molecule has 1 amide bonds. The molecule has 30 heavy (non-hydrogen) atoms. The number of carbonyl (C=O) groups excluding carboxylic acids is 1. The van der Waals surface area contributed by atoms with Crippen LogP contribution in [0.15, 0.2) is 40.6 Å². The molecule has 2 aromatic rings. The molecule has 1 aliphatic heterocycles. The van der Waals surface area contributed by atoms with Gasteiger partial charge < -0.3 is 4.90 Å². The summed E-state index contributed by atoms with van der Waals surface area (Å²) >= 11 is 1.75. The van der Waals surface area contributed by atoms with Gasteiger partial charge in [-0.25, -0.2) is 8.42 Å². The third kappa shape index (κ3) is 3.83. The largest absolute Gasteiger partial charge is 0.339 e. The molecule has 1 saturated heterocycles. The summed E-state index contributed by atoms with van der Waals surface area (Å²) < 4.78 is 26.4. The number of piperazine rings is 1. The predicted molar refractivity (Wildman–Crippen MR) is 120 cm³/mol. The number of rotatable bonds is 5. The maximum atomic E-state index is 13.8. The number of hydrogen-bond donors (Lipinski definition) is 0. The Labute approximate surface area is 183 Å². The fourth-order valence-electron chi connectivity index (χ4n) is 4.77. The molecule has 0 bridgehead atoms. The van der Waals surface area contributed by atoms with Crippen molar-refractivity contribution in [2.24, 2.45) is 0 Å². The zero-order chi connectivity index (χ0) is 21.4. The van der Waals surface area contributed by atoms with Gasteiger partial charge in [0.1, 0.15) is 0 Å². The van der Waals surface area contributed by atoms with Gasteiger partial charge in [0.15, 0.2) is 14.6 Å². The lowest BCUT2D eigenvalue weighted by atomic mass is 10.0. The Balaban J connectivity index is 1.55. The van der Waals surface area contributed by atoms with E-state index >= 15 is 0 Å². The highest BCUT2D eigenvalue weighted by Gasteiger charge is 2.55. The van der Waals surface area contributed by atoms with E-state index in [2.05, 4.69) is 22.4 Å². The molecule has 0 atom stereocenters. The summed E-state index contributed by atoms with van der Waals surface area (Å²) in [7, 11) is -3.76. The number of hydrogen-bond acceptors (Lipinski definition) is 5. The number of carbonyl (C=O) groups is 1. The summed E-state index contributed by atoms with van der Waals surface area (Å²) in [5, 5.41) is 2.08. The minimum atomic E-state index is -3.76. The van der Waals surface area contributed by atoms with Crippen LogP contribution in [0, 0.1) is 13.8 Å². The second-order valence-corrected chi connectivity index (χ2v) is 11.9. The van der Waals surface area contributed by atoms with Gasteiger partial charge in [-0.2, -0.15) is 0 Å². The molecule has 4 rings (SSSR count). The molecule has 0 unspecified atom stereocenters. The van der Waals surface area contributed by atoms with E-state index in [1.165, 1.54) is 4.88 Å². The van der Waals surface area contributed by atoms with E-state index in [9.17, 15) is 13.2 Å². The Morgan fingerprint density at radius 2 is 1.77 bits per heavy atom. The van der Waals surface area contributed by atoms with E-state index in [-0.39, 0.29) is 5.91 Å². The molecule has 0 spiro atoms. The van der Waals surface area contributed by atoms with Gasteiger partial charge in [0, 0.05) is 37.6 Å². The first kappa shape index (κ1) is 21.5. The number of sulfone groups is 1. The molecule has 0 N–H and O–H groups in total. The molecule has 0 radical (unpaired) electrons. The molecule has 162 valence electrons. The van der Waals surface area contributed by atoms with E-state index in [1.807, 2.05) is 26.0 Å². The number of amides is 1. The van der Waals surface area contributed by atoms with Crippen molar-refractivity contribution in [2.75, 3.05) is 26.2 Å². The Morgan fingerprint density at radius 3 is 2.40 bits per heavy atom. The smallest absolute Gasteiger partial charge is 0.244 e. The Kier molecular flexibility index (Phi) is 6.06. The average Bonchev–Trinajstić information content (AvgIpc) is 3.43. The van der Waals surface area contributed by atoms with Crippen molar-refractivity contribution in [3.63, 3.8) is 0 Å². The molecule has 2 fully saturated rings. The SMILES string of the molecule is Cc1ccc(C)c(S(=O)(=O)C2(C(=O)N3CCN(Cc4cccs4)CC3)CCCC2)c1. The zero-order valence-electron chi connectivity index (χ0n) is 17.8. The van der Waals surface area contributed by atoms with Gasteiger partial charge in [0.2, 0.25) is 5.91 Å². The number of thiophene rings is 1. The summed E-state index contributed by atoms with van der Waals surface area (Å²) in [5.74, 6) is -0.184. The van der Waals surface area contributed by atoms with Gasteiger partial charge >= 0.3 is 0 Å². The Hall–Kier alpha value is -1.70. The predicted octanol–water partition coefficient (Wildman–Crippen LogP) is 3.80. The summed E-state index contributed by atoms with van der Waals surface area (Å²) in [6, 6.07) is 9.69. The van der Waals surface area contributed by atoms with Crippen LogP contribution in [-0.2, 0) is 21.2 Å². The lowest BCUT2D eigenvalue weighted by Crippen LogP contribution is -2.57. The third-order valence-electron chi connectivity index (χ3n) is 6.57. The minimum Gasteiger partial charge on any atom is -0.339 e. The summed E-state index contributed by atoms with van der Waals surface area (Å²) in [6.07, 6.45) is 2.43. The fraction of sp³-hybridized carbons (Fsp3) is 0.522. The van der Waals surface area contributed by atoms with E-state index in [0.29, 0.717) is 30.8 Å². The van der Waals surface area contributed by atoms with E-state index < -0.39 is 14.6 Å². The van der Waals surface area contributed by atoms with Crippen LogP contribution in [0.25, 0.3) is 0 Å². The molecule has 1 aromatic heterocycles. The van der Waals surface area contributed by atoms with E-state index in [4.69, 9.17) is 0 Å². The van der Waals surface area contributed by atoms with Gasteiger partial charge in [-0.05, 0) is 55.3 Å². The maximum absolute atomic E-state index is 13.8. The van der Waals surface area contributed by atoms with Crippen LogP contribution in [-0.4, -0.2) is 55.1 Å². The van der Waals surface area contributed by atoms with Crippen LogP contribution >= 0.6 is 11.3 Å². The summed E-state index contributed by atoms with van der Waals surface area (Å²) in [5.41, 5.74) is 1.63. The van der Waals surface area contributed by atoms with Gasteiger partial charge in [0.05, 0.1) is 4.90 Å². The minimum absolute atomic E-state index is 0.184. The van der Waals surface area contributed by atoms with Crippen LogP contribution in [0.2, 0.25) is 0 Å². The van der Waals surface area contributed by atoms with Crippen LogP contribution in [0.4, 0.5) is 0 Å². The lowest BCUT2D eigenvalue weighted by molar-refractivity contribution is -0.135. The fourth-order valence-corrected chi connectivity index (χ4v) is 7.96. The highest BCUT2D eigenvalue weighted by Crippen LogP contribution is 2.43. The van der Waals surface area contributed by atoms with E-state index in [1.54, 1.807) is 22.3 Å². The number of benzene rings is 1. The van der Waals surface area contributed by atoms with Crippen LogP contribution in [0.3, 0.4) is 0 Å². The Morgan fingerprint density at radius 1 is 1.07 bits per heavy atom. The zero-order valence-corrected chi connectivity index (χ0v) is 19.4. The molecule has 2 heterocycles. The van der Waals surface area contributed by atoms with Gasteiger partial charge in [-0.1, -0.05) is 31.0 Å². The topological polar surface area (TPSA) is 57.7 Å². The molecular formula is C23H30N2O3S2. The highest BCUT2D eigenvalue weighted by atomic mass is 32.2. The molecule has 5 nitrogen and oxygen atoms in total. The van der Waals surface area contributed by atoms with Crippen LogP contribution < -0.4 is 0 Å². The van der Waals surface area contributed by atoms with Crippen molar-refractivity contribution >= 4 is 27.1 Å². The quantitative estimate of drug-likeness (QED) is 0.701. The first-order chi connectivity index (χ1) is 14.3. The van der Waals surface area contributed by atoms with Gasteiger partial charge in [-0.3, -0.25) is 9.69 Å². The lowest BCUT2D eigenvalue weighted by Gasteiger charge is -2.39. The molecule has 1 aliphatic carbocycles. The van der Waals surface area contributed by atoms with Crippen molar-refractivity contribution in [3.05, 3.63) is 51.7 Å². The monoisotopic (exact) mass is 446 g/mol. The maximum Gasteiger partial charge on any atom is 0.244 e. The van der Waals surface area contributed by atoms with Crippen LogP contribution in [0.1, 0.15) is 41.7 Å². The van der Waals surface area contributed by atoms with E-state index in [0.717, 1.165) is 43.6 Å². The average molecular weight is 447 g/mol. The second kappa shape index (κ2) is 8.44. The van der Waals surface area contributed by atoms with Crippen molar-refractivity contribution < 1.29 is 13.2 Å². The van der Waals surface area contributed by atoms with Gasteiger partial charge in [0.25, 0.3) is 0 Å². The number of aryl methyl sites for hydroxylation is 2. The first-order valence-electron chi connectivity index (χ1n) is 10.7. The molecule has 7 heteroatoms. The summed E-state index contributed by atoms with van der Waals surface area (Å²) in [6.45, 7) is 7.36. The highest BCUT2D eigenvalue weighted by molar-refractivity contribution is 7.93.